The van der Waals surface area contributed by atoms with Crippen molar-refractivity contribution in [2.24, 2.45) is 0 Å². The Labute approximate surface area is 134 Å². The first-order valence-electron chi connectivity index (χ1n) is 7.27. The Morgan fingerprint density at radius 3 is 2.65 bits per heavy atom. The van der Waals surface area contributed by atoms with Gasteiger partial charge in [-0.05, 0) is 36.6 Å². The number of anilines is 1. The van der Waals surface area contributed by atoms with Crippen LogP contribution in [0.1, 0.15) is 18.1 Å². The molecule has 0 radical (unpaired) electrons. The van der Waals surface area contributed by atoms with E-state index in [4.69, 9.17) is 4.74 Å². The van der Waals surface area contributed by atoms with Crippen molar-refractivity contribution in [2.45, 2.75) is 20.3 Å². The fourth-order valence-electron chi connectivity index (χ4n) is 2.17. The highest BCUT2D eigenvalue weighted by atomic mass is 16.6. The van der Waals surface area contributed by atoms with Gasteiger partial charge in [-0.25, -0.2) is 0 Å². The lowest BCUT2D eigenvalue weighted by Crippen LogP contribution is -2.21. The topological polar surface area (TPSA) is 81.5 Å². The summed E-state index contributed by atoms with van der Waals surface area (Å²) < 4.78 is 5.54. The van der Waals surface area contributed by atoms with Gasteiger partial charge in [-0.1, -0.05) is 25.1 Å². The first kappa shape index (κ1) is 16.5. The number of nitrogens with zero attached hydrogens (tertiary/aromatic N) is 1. The lowest BCUT2D eigenvalue weighted by Gasteiger charge is -2.11. The highest BCUT2D eigenvalue weighted by molar-refractivity contribution is 5.92. The number of amides is 1. The maximum Gasteiger partial charge on any atom is 0.269 e. The molecule has 0 heterocycles. The van der Waals surface area contributed by atoms with Crippen LogP contribution in [0.4, 0.5) is 11.4 Å². The normalized spacial score (nSPS) is 10.2. The Kier molecular flexibility index (Phi) is 5.30. The number of nitro benzene ring substituents is 1. The van der Waals surface area contributed by atoms with Crippen LogP contribution in [0, 0.1) is 17.0 Å². The molecule has 1 N–H and O–H groups in total. The van der Waals surface area contributed by atoms with Crippen LogP contribution in [0.3, 0.4) is 0 Å². The third-order valence-corrected chi connectivity index (χ3v) is 3.41. The molecule has 0 aliphatic heterocycles. The van der Waals surface area contributed by atoms with Gasteiger partial charge in [0.15, 0.2) is 6.61 Å². The van der Waals surface area contributed by atoms with Crippen LogP contribution < -0.4 is 10.1 Å². The molecule has 2 rings (SSSR count). The number of nitrogens with one attached hydrogen (secondary N) is 1. The van der Waals surface area contributed by atoms with Crippen LogP contribution in [0.15, 0.2) is 42.5 Å². The number of benzene rings is 2. The first-order valence-corrected chi connectivity index (χ1v) is 7.27. The maximum absolute atomic E-state index is 12.0. The minimum absolute atomic E-state index is 0.00591. The molecule has 2 aromatic carbocycles. The van der Waals surface area contributed by atoms with E-state index in [1.165, 1.54) is 18.2 Å². The fourth-order valence-corrected chi connectivity index (χ4v) is 2.17. The molecule has 0 aliphatic carbocycles. The number of aryl methyl sites for hydroxylation is 2. The summed E-state index contributed by atoms with van der Waals surface area (Å²) in [6, 6.07) is 11.8. The Morgan fingerprint density at radius 2 is 2.00 bits per heavy atom. The number of para-hydroxylation sites is 1. The van der Waals surface area contributed by atoms with E-state index in [1.54, 1.807) is 6.92 Å². The second-order valence-corrected chi connectivity index (χ2v) is 5.05. The molecule has 0 atom stereocenters. The van der Waals surface area contributed by atoms with Crippen molar-refractivity contribution < 1.29 is 14.5 Å². The minimum atomic E-state index is -0.469. The predicted molar refractivity (Wildman–Crippen MR) is 87.8 cm³/mol. The lowest BCUT2D eigenvalue weighted by atomic mass is 10.1. The fraction of sp³-hybridized carbons (Fsp3) is 0.235. The minimum Gasteiger partial charge on any atom is -0.483 e. The van der Waals surface area contributed by atoms with Crippen LogP contribution >= 0.6 is 0 Å². The van der Waals surface area contributed by atoms with Crippen molar-refractivity contribution >= 4 is 17.3 Å². The van der Waals surface area contributed by atoms with Crippen LogP contribution in [0.2, 0.25) is 0 Å². The summed E-state index contributed by atoms with van der Waals surface area (Å²) in [4.78, 5) is 22.2. The summed E-state index contributed by atoms with van der Waals surface area (Å²) in [5, 5.41) is 13.4. The van der Waals surface area contributed by atoms with Gasteiger partial charge in [0.05, 0.1) is 4.92 Å². The molecule has 6 nitrogen and oxygen atoms in total. The van der Waals surface area contributed by atoms with E-state index in [1.807, 2.05) is 31.2 Å². The van der Waals surface area contributed by atoms with Crippen molar-refractivity contribution in [1.82, 2.24) is 0 Å². The van der Waals surface area contributed by atoms with Crippen molar-refractivity contribution in [3.63, 3.8) is 0 Å². The third kappa shape index (κ3) is 4.29. The Bertz CT molecular complexity index is 728. The first-order chi connectivity index (χ1) is 11.0. The summed E-state index contributed by atoms with van der Waals surface area (Å²) in [5.74, 6) is 0.374. The Morgan fingerprint density at radius 1 is 1.26 bits per heavy atom. The molecule has 6 heteroatoms. The molecular weight excluding hydrogens is 296 g/mol. The number of hydrogen-bond acceptors (Lipinski definition) is 4. The molecule has 23 heavy (non-hydrogen) atoms. The molecule has 0 fully saturated rings. The molecular formula is C17H18N2O4. The Hall–Kier alpha value is -2.89. The largest absolute Gasteiger partial charge is 0.483 e. The van der Waals surface area contributed by atoms with E-state index in [9.17, 15) is 14.9 Å². The monoisotopic (exact) mass is 314 g/mol. The molecule has 0 unspecified atom stereocenters. The van der Waals surface area contributed by atoms with Crippen LogP contribution in [-0.4, -0.2) is 17.4 Å². The Balaban J connectivity index is 1.98. The highest BCUT2D eigenvalue weighted by Gasteiger charge is 2.11. The number of carbonyl (C=O) groups excluding carboxylic acids is 1. The SMILES string of the molecule is CCc1ccccc1OCC(=O)Nc1ccc([N+](=O)[O-])cc1C. The van der Waals surface area contributed by atoms with Crippen LogP contribution in [0.25, 0.3) is 0 Å². The molecule has 2 aromatic rings. The summed E-state index contributed by atoms with van der Waals surface area (Å²) in [6.45, 7) is 3.60. The van der Waals surface area contributed by atoms with Gasteiger partial charge in [0.2, 0.25) is 0 Å². The van der Waals surface area contributed by atoms with E-state index < -0.39 is 4.92 Å². The van der Waals surface area contributed by atoms with Crippen molar-refractivity contribution in [1.29, 1.82) is 0 Å². The molecule has 0 aromatic heterocycles. The van der Waals surface area contributed by atoms with Crippen LogP contribution in [0.5, 0.6) is 5.75 Å². The smallest absolute Gasteiger partial charge is 0.269 e. The molecule has 0 spiro atoms. The zero-order valence-electron chi connectivity index (χ0n) is 13.0. The van der Waals surface area contributed by atoms with Gasteiger partial charge in [0.1, 0.15) is 5.75 Å². The van der Waals surface area contributed by atoms with Crippen molar-refractivity contribution in [2.75, 3.05) is 11.9 Å². The summed E-state index contributed by atoms with van der Waals surface area (Å²) in [7, 11) is 0. The standard InChI is InChI=1S/C17H18N2O4/c1-3-13-6-4-5-7-16(13)23-11-17(20)18-15-9-8-14(19(21)22)10-12(15)2/h4-10H,3,11H2,1-2H3,(H,18,20). The van der Waals surface area contributed by atoms with E-state index in [0.29, 0.717) is 17.0 Å². The second kappa shape index (κ2) is 7.40. The van der Waals surface area contributed by atoms with E-state index in [2.05, 4.69) is 5.32 Å². The number of rotatable bonds is 6. The van der Waals surface area contributed by atoms with Gasteiger partial charge in [-0.2, -0.15) is 0 Å². The molecule has 0 saturated carbocycles. The molecule has 0 saturated heterocycles. The van der Waals surface area contributed by atoms with Gasteiger partial charge in [0, 0.05) is 17.8 Å². The van der Waals surface area contributed by atoms with E-state index in [-0.39, 0.29) is 18.2 Å². The molecule has 120 valence electrons. The summed E-state index contributed by atoms with van der Waals surface area (Å²) in [5.41, 5.74) is 2.19. The van der Waals surface area contributed by atoms with E-state index in [0.717, 1.165) is 12.0 Å². The van der Waals surface area contributed by atoms with Gasteiger partial charge in [-0.3, -0.25) is 14.9 Å². The van der Waals surface area contributed by atoms with Gasteiger partial charge >= 0.3 is 0 Å². The van der Waals surface area contributed by atoms with Crippen molar-refractivity contribution in [3.8, 4) is 5.75 Å². The maximum atomic E-state index is 12.0. The summed E-state index contributed by atoms with van der Waals surface area (Å²) >= 11 is 0. The molecule has 0 aliphatic rings. The zero-order chi connectivity index (χ0) is 16.8. The predicted octanol–water partition coefficient (Wildman–Crippen LogP) is 3.48. The quantitative estimate of drug-likeness (QED) is 0.653. The zero-order valence-corrected chi connectivity index (χ0v) is 13.0. The average molecular weight is 314 g/mol. The van der Waals surface area contributed by atoms with Crippen molar-refractivity contribution in [3.05, 3.63) is 63.7 Å². The molecule has 1 amide bonds. The second-order valence-electron chi connectivity index (χ2n) is 5.05. The number of nitro groups is 1. The molecule has 0 bridgehead atoms. The third-order valence-electron chi connectivity index (χ3n) is 3.41. The van der Waals surface area contributed by atoms with Gasteiger partial charge < -0.3 is 10.1 Å². The summed E-state index contributed by atoms with van der Waals surface area (Å²) in [6.07, 6.45) is 0.819. The van der Waals surface area contributed by atoms with E-state index >= 15 is 0 Å². The number of ether oxygens (including phenoxy) is 1. The number of carbonyl (C=O) groups is 1. The van der Waals surface area contributed by atoms with Gasteiger partial charge in [0.25, 0.3) is 11.6 Å². The number of non-ortho nitro benzene ring substituents is 1. The highest BCUT2D eigenvalue weighted by Crippen LogP contribution is 2.21. The van der Waals surface area contributed by atoms with Crippen LogP contribution in [-0.2, 0) is 11.2 Å². The average Bonchev–Trinajstić information content (AvgIpc) is 2.54. The van der Waals surface area contributed by atoms with Gasteiger partial charge in [-0.15, -0.1) is 0 Å². The number of hydrogen-bond donors (Lipinski definition) is 1. The lowest BCUT2D eigenvalue weighted by molar-refractivity contribution is -0.384.